The zero-order valence-corrected chi connectivity index (χ0v) is 6.16. The molecule has 4 heteroatoms. The summed E-state index contributed by atoms with van der Waals surface area (Å²) in [4.78, 5) is 10.2. The van der Waals surface area contributed by atoms with Crippen molar-refractivity contribution in [3.8, 4) is 0 Å². The highest BCUT2D eigenvalue weighted by Crippen LogP contribution is 2.15. The van der Waals surface area contributed by atoms with Crippen molar-refractivity contribution in [3.63, 3.8) is 0 Å². The third-order valence-corrected chi connectivity index (χ3v) is 1.38. The lowest BCUT2D eigenvalue weighted by Crippen LogP contribution is -2.30. The maximum absolute atomic E-state index is 10.2. The number of hydrogen-bond acceptors (Lipinski definition) is 3. The second kappa shape index (κ2) is 4.10. The van der Waals surface area contributed by atoms with Crippen molar-refractivity contribution in [2.24, 2.45) is 0 Å². The minimum Gasteiger partial charge on any atom is -0.481 e. The predicted octanol–water partition coefficient (Wildman–Crippen LogP) is -0.239. The number of rotatable bonds is 5. The molecule has 0 aliphatic rings. The van der Waals surface area contributed by atoms with Crippen molar-refractivity contribution in [3.05, 3.63) is 12.7 Å². The van der Waals surface area contributed by atoms with Crippen molar-refractivity contribution < 1.29 is 20.1 Å². The van der Waals surface area contributed by atoms with Crippen LogP contribution in [0.4, 0.5) is 0 Å². The Labute approximate surface area is 64.8 Å². The van der Waals surface area contributed by atoms with Crippen LogP contribution in [0.1, 0.15) is 12.8 Å². The summed E-state index contributed by atoms with van der Waals surface area (Å²) in [7, 11) is 0. The van der Waals surface area contributed by atoms with E-state index < -0.39 is 18.0 Å². The van der Waals surface area contributed by atoms with E-state index in [9.17, 15) is 9.90 Å². The molecule has 0 saturated heterocycles. The van der Waals surface area contributed by atoms with Crippen LogP contribution in [0.5, 0.6) is 0 Å². The summed E-state index contributed by atoms with van der Waals surface area (Å²) in [6.45, 7) is 3.03. The molecule has 11 heavy (non-hydrogen) atoms. The molecule has 0 amide bonds. The second-order valence-electron chi connectivity index (χ2n) is 2.35. The molecule has 0 saturated carbocycles. The molecule has 3 N–H and O–H groups in total. The number of carbonyl (C=O) groups is 1. The average molecular weight is 160 g/mol. The molecule has 0 bridgehead atoms. The van der Waals surface area contributed by atoms with Gasteiger partial charge in [-0.25, -0.2) is 0 Å². The molecule has 0 rings (SSSR count). The number of carboxylic acid groups (broad SMARTS) is 1. The first-order valence-electron chi connectivity index (χ1n) is 3.23. The topological polar surface area (TPSA) is 77.8 Å². The van der Waals surface area contributed by atoms with E-state index in [1.807, 2.05) is 0 Å². The molecule has 1 atom stereocenters. The first kappa shape index (κ1) is 10.1. The molecule has 64 valence electrons. The molecule has 0 aromatic heterocycles. The Hall–Kier alpha value is -0.870. The van der Waals surface area contributed by atoms with Gasteiger partial charge in [0.1, 0.15) is 0 Å². The molecule has 0 radical (unpaired) electrons. The summed E-state index contributed by atoms with van der Waals surface area (Å²) < 4.78 is 0. The van der Waals surface area contributed by atoms with Gasteiger partial charge >= 0.3 is 5.97 Å². The fourth-order valence-electron chi connectivity index (χ4n) is 0.718. The quantitative estimate of drug-likeness (QED) is 0.485. The Morgan fingerprint density at radius 3 is 2.45 bits per heavy atom. The first-order valence-corrected chi connectivity index (χ1v) is 3.23. The van der Waals surface area contributed by atoms with Crippen molar-refractivity contribution in [1.82, 2.24) is 0 Å². The van der Waals surface area contributed by atoms with Gasteiger partial charge in [0, 0.05) is 13.0 Å². The van der Waals surface area contributed by atoms with E-state index in [4.69, 9.17) is 10.2 Å². The van der Waals surface area contributed by atoms with Crippen molar-refractivity contribution in [2.45, 2.75) is 18.4 Å². The fourth-order valence-corrected chi connectivity index (χ4v) is 0.718. The highest BCUT2D eigenvalue weighted by Gasteiger charge is 2.25. The predicted molar refractivity (Wildman–Crippen MR) is 39.1 cm³/mol. The van der Waals surface area contributed by atoms with E-state index in [0.29, 0.717) is 0 Å². The van der Waals surface area contributed by atoms with Crippen LogP contribution in [0.25, 0.3) is 0 Å². The van der Waals surface area contributed by atoms with Crippen LogP contribution in [0.2, 0.25) is 0 Å². The van der Waals surface area contributed by atoms with Crippen LogP contribution < -0.4 is 0 Å². The number of aliphatic carboxylic acids is 1. The van der Waals surface area contributed by atoms with Crippen LogP contribution >= 0.6 is 0 Å². The molecule has 0 aromatic carbocycles. The summed E-state index contributed by atoms with van der Waals surface area (Å²) in [6.07, 6.45) is 0.719. The normalized spacial score (nSPS) is 15.5. The van der Waals surface area contributed by atoms with Gasteiger partial charge in [-0.05, 0) is 0 Å². The van der Waals surface area contributed by atoms with Gasteiger partial charge in [-0.2, -0.15) is 0 Å². The fraction of sp³-hybridized carbons (Fsp3) is 0.571. The number of aliphatic hydroxyl groups excluding tert-OH is 1. The SMILES string of the molecule is C=CC(O)(CCO)CC(=O)O. The largest absolute Gasteiger partial charge is 0.481 e. The van der Waals surface area contributed by atoms with Crippen molar-refractivity contribution in [2.75, 3.05) is 6.61 Å². The maximum atomic E-state index is 10.2. The van der Waals surface area contributed by atoms with Crippen LogP contribution in [-0.4, -0.2) is 33.5 Å². The summed E-state index contributed by atoms with van der Waals surface area (Å²) in [5, 5.41) is 26.1. The first-order chi connectivity index (χ1) is 5.04. The van der Waals surface area contributed by atoms with Gasteiger partial charge in [-0.1, -0.05) is 6.08 Å². The Kier molecular flexibility index (Phi) is 3.78. The van der Waals surface area contributed by atoms with E-state index in [1.165, 1.54) is 0 Å². The van der Waals surface area contributed by atoms with E-state index in [0.717, 1.165) is 6.08 Å². The molecule has 1 unspecified atom stereocenters. The zero-order chi connectivity index (χ0) is 8.91. The van der Waals surface area contributed by atoms with E-state index in [2.05, 4.69) is 6.58 Å². The van der Waals surface area contributed by atoms with E-state index in [-0.39, 0.29) is 13.0 Å². The molecule has 0 fully saturated rings. The third-order valence-electron chi connectivity index (χ3n) is 1.38. The number of aliphatic hydroxyl groups is 2. The average Bonchev–Trinajstić information content (AvgIpc) is 1.87. The van der Waals surface area contributed by atoms with Gasteiger partial charge in [0.15, 0.2) is 0 Å². The second-order valence-corrected chi connectivity index (χ2v) is 2.35. The highest BCUT2D eigenvalue weighted by molar-refractivity contribution is 5.68. The van der Waals surface area contributed by atoms with Crippen molar-refractivity contribution >= 4 is 5.97 Å². The van der Waals surface area contributed by atoms with Crippen LogP contribution in [-0.2, 0) is 4.79 Å². The van der Waals surface area contributed by atoms with E-state index in [1.54, 1.807) is 0 Å². The Morgan fingerprint density at radius 1 is 1.64 bits per heavy atom. The standard InChI is InChI=1S/C7H12O4/c1-2-7(11,3-4-8)5-6(9)10/h2,8,11H,1,3-5H2,(H,9,10). The number of hydrogen-bond donors (Lipinski definition) is 3. The lowest BCUT2D eigenvalue weighted by atomic mass is 9.96. The monoisotopic (exact) mass is 160 g/mol. The van der Waals surface area contributed by atoms with Gasteiger partial charge in [-0.15, -0.1) is 6.58 Å². The van der Waals surface area contributed by atoms with Crippen LogP contribution in [0.15, 0.2) is 12.7 Å². The molecular weight excluding hydrogens is 148 g/mol. The lowest BCUT2D eigenvalue weighted by molar-refractivity contribution is -0.141. The smallest absolute Gasteiger partial charge is 0.306 e. The molecule has 4 nitrogen and oxygen atoms in total. The minimum absolute atomic E-state index is 0.00278. The number of carboxylic acids is 1. The van der Waals surface area contributed by atoms with Gasteiger partial charge in [-0.3, -0.25) is 4.79 Å². The lowest BCUT2D eigenvalue weighted by Gasteiger charge is -2.20. The van der Waals surface area contributed by atoms with Gasteiger partial charge < -0.3 is 15.3 Å². The summed E-state index contributed by atoms with van der Waals surface area (Å²) >= 11 is 0. The summed E-state index contributed by atoms with van der Waals surface area (Å²) in [5.41, 5.74) is -1.47. The summed E-state index contributed by atoms with van der Waals surface area (Å²) in [5.74, 6) is -1.11. The highest BCUT2D eigenvalue weighted by atomic mass is 16.4. The zero-order valence-electron chi connectivity index (χ0n) is 6.16. The molecular formula is C7H12O4. The maximum Gasteiger partial charge on any atom is 0.306 e. The summed E-state index contributed by atoms with van der Waals surface area (Å²) in [6, 6.07) is 0. The minimum atomic E-state index is -1.47. The molecule has 0 aliphatic carbocycles. The molecule has 0 spiro atoms. The van der Waals surface area contributed by atoms with Gasteiger partial charge in [0.2, 0.25) is 0 Å². The third kappa shape index (κ3) is 3.75. The van der Waals surface area contributed by atoms with Crippen LogP contribution in [0.3, 0.4) is 0 Å². The van der Waals surface area contributed by atoms with Crippen molar-refractivity contribution in [1.29, 1.82) is 0 Å². The Balaban J connectivity index is 4.09. The molecule has 0 aliphatic heterocycles. The Bertz CT molecular complexity index is 155. The molecule has 0 heterocycles. The van der Waals surface area contributed by atoms with Gasteiger partial charge in [0.25, 0.3) is 0 Å². The Morgan fingerprint density at radius 2 is 2.18 bits per heavy atom. The molecule has 0 aromatic rings. The van der Waals surface area contributed by atoms with Gasteiger partial charge in [0.05, 0.1) is 12.0 Å². The van der Waals surface area contributed by atoms with E-state index >= 15 is 0 Å². The van der Waals surface area contributed by atoms with Crippen LogP contribution in [0, 0.1) is 0 Å².